The molecule has 0 aliphatic heterocycles. The minimum absolute atomic E-state index is 0.0148. The van der Waals surface area contributed by atoms with E-state index in [1.54, 1.807) is 11.9 Å². The molecule has 2 N–H and O–H groups in total. The number of halogens is 2. The maximum atomic E-state index is 13.3. The summed E-state index contributed by atoms with van der Waals surface area (Å²) in [5.41, 5.74) is 6.23. The lowest BCUT2D eigenvalue weighted by Crippen LogP contribution is -2.34. The highest BCUT2D eigenvalue weighted by Crippen LogP contribution is 2.16. The largest absolute Gasteiger partial charge is 0.342 e. The van der Waals surface area contributed by atoms with Gasteiger partial charge in [-0.05, 0) is 30.5 Å². The number of carbonyl (C=O) groups is 1. The van der Waals surface area contributed by atoms with E-state index in [1.807, 2.05) is 13.8 Å². The Bertz CT molecular complexity index is 451. The van der Waals surface area contributed by atoms with Crippen LogP contribution >= 0.6 is 11.6 Å². The number of hydrogen-bond donors (Lipinski definition) is 1. The van der Waals surface area contributed by atoms with Crippen molar-refractivity contribution in [3.8, 4) is 0 Å². The third-order valence-electron chi connectivity index (χ3n) is 3.17. The zero-order valence-electron chi connectivity index (χ0n) is 11.5. The molecule has 19 heavy (non-hydrogen) atoms. The van der Waals surface area contributed by atoms with Gasteiger partial charge in [0, 0.05) is 25.2 Å². The van der Waals surface area contributed by atoms with Gasteiger partial charge in [-0.3, -0.25) is 4.79 Å². The Kier molecular flexibility index (Phi) is 5.76. The maximum Gasteiger partial charge on any atom is 0.253 e. The summed E-state index contributed by atoms with van der Waals surface area (Å²) in [6.07, 6.45) is 0.718. The predicted octanol–water partition coefficient (Wildman–Crippen LogP) is 2.92. The van der Waals surface area contributed by atoms with Crippen LogP contribution in [0.2, 0.25) is 5.02 Å². The summed E-state index contributed by atoms with van der Waals surface area (Å²) in [5, 5.41) is 0.0148. The molecule has 0 aliphatic carbocycles. The molecule has 3 nitrogen and oxygen atoms in total. The minimum atomic E-state index is -0.584. The van der Waals surface area contributed by atoms with Crippen molar-refractivity contribution in [2.24, 2.45) is 11.7 Å². The van der Waals surface area contributed by atoms with E-state index in [0.29, 0.717) is 18.0 Å². The summed E-state index contributed by atoms with van der Waals surface area (Å²) in [6.45, 7) is 4.63. The van der Waals surface area contributed by atoms with Crippen LogP contribution in [0.1, 0.15) is 30.6 Å². The smallest absolute Gasteiger partial charge is 0.253 e. The van der Waals surface area contributed by atoms with Gasteiger partial charge in [0.05, 0.1) is 5.02 Å². The van der Waals surface area contributed by atoms with Crippen LogP contribution < -0.4 is 5.73 Å². The van der Waals surface area contributed by atoms with Crippen LogP contribution in [0.15, 0.2) is 18.2 Å². The first-order chi connectivity index (χ1) is 8.82. The number of hydrogen-bond acceptors (Lipinski definition) is 2. The lowest BCUT2D eigenvalue weighted by molar-refractivity contribution is 0.0788. The number of amides is 1. The van der Waals surface area contributed by atoms with Crippen molar-refractivity contribution in [2.75, 3.05) is 13.6 Å². The first kappa shape index (κ1) is 15.9. The molecule has 0 heterocycles. The molecule has 1 atom stereocenters. The molecule has 0 aliphatic rings. The molecule has 0 aromatic heterocycles. The van der Waals surface area contributed by atoms with E-state index in [0.717, 1.165) is 12.5 Å². The summed E-state index contributed by atoms with van der Waals surface area (Å²) in [5.74, 6) is -0.442. The average Bonchev–Trinajstić information content (AvgIpc) is 2.37. The molecule has 106 valence electrons. The van der Waals surface area contributed by atoms with Crippen molar-refractivity contribution in [3.05, 3.63) is 34.6 Å². The Hall–Kier alpha value is -1.13. The first-order valence-corrected chi connectivity index (χ1v) is 6.66. The zero-order chi connectivity index (χ0) is 14.6. The van der Waals surface area contributed by atoms with Crippen molar-refractivity contribution < 1.29 is 9.18 Å². The molecular weight excluding hydrogens is 267 g/mol. The Labute approximate surface area is 118 Å². The SMILES string of the molecule is CC(C)C(N)CCN(C)C(=O)c1ccc(Cl)c(F)c1. The van der Waals surface area contributed by atoms with E-state index < -0.39 is 5.82 Å². The van der Waals surface area contributed by atoms with Crippen LogP contribution in [0.4, 0.5) is 4.39 Å². The fourth-order valence-corrected chi connectivity index (χ4v) is 1.74. The number of nitrogens with zero attached hydrogens (tertiary/aromatic N) is 1. The number of carbonyl (C=O) groups excluding carboxylic acids is 1. The molecule has 1 unspecified atom stereocenters. The Morgan fingerprint density at radius 3 is 2.63 bits per heavy atom. The van der Waals surface area contributed by atoms with Crippen molar-refractivity contribution in [3.63, 3.8) is 0 Å². The highest BCUT2D eigenvalue weighted by atomic mass is 35.5. The molecule has 0 fully saturated rings. The second kappa shape index (κ2) is 6.87. The zero-order valence-corrected chi connectivity index (χ0v) is 12.2. The molecule has 0 bridgehead atoms. The third-order valence-corrected chi connectivity index (χ3v) is 3.47. The van der Waals surface area contributed by atoms with E-state index in [2.05, 4.69) is 0 Å². The van der Waals surface area contributed by atoms with Crippen LogP contribution in [0, 0.1) is 11.7 Å². The summed E-state index contributed by atoms with van der Waals surface area (Å²) < 4.78 is 13.3. The molecule has 0 radical (unpaired) electrons. The van der Waals surface area contributed by atoms with E-state index >= 15 is 0 Å². The van der Waals surface area contributed by atoms with E-state index in [-0.39, 0.29) is 17.0 Å². The van der Waals surface area contributed by atoms with Gasteiger partial charge in [0.15, 0.2) is 0 Å². The molecular formula is C14H20ClFN2O. The summed E-state index contributed by atoms with van der Waals surface area (Å²) in [6, 6.07) is 4.12. The lowest BCUT2D eigenvalue weighted by atomic mass is 10.0. The highest BCUT2D eigenvalue weighted by molar-refractivity contribution is 6.30. The molecule has 5 heteroatoms. The number of nitrogens with two attached hydrogens (primary N) is 1. The van der Waals surface area contributed by atoms with E-state index in [9.17, 15) is 9.18 Å². The average molecular weight is 287 g/mol. The van der Waals surface area contributed by atoms with Gasteiger partial charge < -0.3 is 10.6 Å². The van der Waals surface area contributed by atoms with Crippen molar-refractivity contribution in [1.29, 1.82) is 0 Å². The Morgan fingerprint density at radius 1 is 1.47 bits per heavy atom. The number of benzene rings is 1. The predicted molar refractivity (Wildman–Crippen MR) is 75.8 cm³/mol. The third kappa shape index (κ3) is 4.48. The summed E-state index contributed by atoms with van der Waals surface area (Å²) in [4.78, 5) is 13.6. The first-order valence-electron chi connectivity index (χ1n) is 6.29. The Balaban J connectivity index is 2.64. The van der Waals surface area contributed by atoms with Crippen LogP contribution in [-0.4, -0.2) is 30.4 Å². The van der Waals surface area contributed by atoms with Gasteiger partial charge in [-0.1, -0.05) is 25.4 Å². The van der Waals surface area contributed by atoms with Crippen LogP contribution in [0.5, 0.6) is 0 Å². The van der Waals surface area contributed by atoms with Gasteiger partial charge in [0.25, 0.3) is 5.91 Å². The van der Waals surface area contributed by atoms with Gasteiger partial charge in [-0.2, -0.15) is 0 Å². The quantitative estimate of drug-likeness (QED) is 0.905. The second-order valence-electron chi connectivity index (χ2n) is 5.05. The number of rotatable bonds is 5. The molecule has 0 saturated carbocycles. The van der Waals surface area contributed by atoms with Crippen LogP contribution in [0.3, 0.4) is 0 Å². The van der Waals surface area contributed by atoms with Crippen molar-refractivity contribution >= 4 is 17.5 Å². The van der Waals surface area contributed by atoms with Gasteiger partial charge in [0.1, 0.15) is 5.82 Å². The fraction of sp³-hybridized carbons (Fsp3) is 0.500. The minimum Gasteiger partial charge on any atom is -0.342 e. The van der Waals surface area contributed by atoms with E-state index in [4.69, 9.17) is 17.3 Å². The molecule has 1 rings (SSSR count). The molecule has 1 aromatic carbocycles. The second-order valence-corrected chi connectivity index (χ2v) is 5.46. The molecule has 0 spiro atoms. The van der Waals surface area contributed by atoms with Crippen LogP contribution in [-0.2, 0) is 0 Å². The van der Waals surface area contributed by atoms with Crippen molar-refractivity contribution in [2.45, 2.75) is 26.3 Å². The summed E-state index contributed by atoms with van der Waals surface area (Å²) >= 11 is 5.59. The molecule has 1 aromatic rings. The standard InChI is InChI=1S/C14H20ClFN2O/c1-9(2)13(17)6-7-18(3)14(19)10-4-5-11(15)12(16)8-10/h4-5,8-9,13H,6-7,17H2,1-3H3. The fourth-order valence-electron chi connectivity index (χ4n) is 1.63. The highest BCUT2D eigenvalue weighted by Gasteiger charge is 2.15. The maximum absolute atomic E-state index is 13.3. The lowest BCUT2D eigenvalue weighted by Gasteiger charge is -2.21. The Morgan fingerprint density at radius 2 is 2.11 bits per heavy atom. The van der Waals surface area contributed by atoms with Crippen LogP contribution in [0.25, 0.3) is 0 Å². The topological polar surface area (TPSA) is 46.3 Å². The summed E-state index contributed by atoms with van der Waals surface area (Å²) in [7, 11) is 1.68. The van der Waals surface area contributed by atoms with Crippen molar-refractivity contribution in [1.82, 2.24) is 4.90 Å². The monoisotopic (exact) mass is 286 g/mol. The normalized spacial score (nSPS) is 12.6. The molecule has 1 amide bonds. The van der Waals surface area contributed by atoms with Gasteiger partial charge in [-0.15, -0.1) is 0 Å². The van der Waals surface area contributed by atoms with E-state index in [1.165, 1.54) is 12.1 Å². The van der Waals surface area contributed by atoms with Gasteiger partial charge in [0.2, 0.25) is 0 Å². The molecule has 0 saturated heterocycles. The van der Waals surface area contributed by atoms with Gasteiger partial charge in [-0.25, -0.2) is 4.39 Å². The van der Waals surface area contributed by atoms with Gasteiger partial charge >= 0.3 is 0 Å².